The fourth-order valence-corrected chi connectivity index (χ4v) is 2.64. The largest absolute Gasteiger partial charge is 0.368 e. The van der Waals surface area contributed by atoms with E-state index in [9.17, 15) is 14.0 Å². The zero-order valence-corrected chi connectivity index (χ0v) is 13.5. The van der Waals surface area contributed by atoms with Gasteiger partial charge in [0, 0.05) is 11.5 Å². The van der Waals surface area contributed by atoms with Crippen LogP contribution in [0.4, 0.5) is 4.39 Å². The average Bonchev–Trinajstić information content (AvgIpc) is 2.59. The van der Waals surface area contributed by atoms with Gasteiger partial charge in [-0.2, -0.15) is 0 Å². The number of aromatic nitrogens is 1. The highest BCUT2D eigenvalue weighted by Gasteiger charge is 2.22. The number of hydrogen-bond donors (Lipinski definition) is 2. The molecule has 0 unspecified atom stereocenters. The van der Waals surface area contributed by atoms with Gasteiger partial charge in [-0.05, 0) is 30.7 Å². The molecule has 1 heterocycles. The third-order valence-corrected chi connectivity index (χ3v) is 3.91. The fraction of sp³-hybridized carbons (Fsp3) is 0.105. The molecular weight excluding hydrogens is 321 g/mol. The first kappa shape index (κ1) is 16.6. The molecule has 0 fully saturated rings. The SMILES string of the molecule is Cc1nc2cc(F)ccc2cc1C(=O)N[C@@H](C(N)=O)c1ccccc1. The molecule has 0 aliphatic carbocycles. The summed E-state index contributed by atoms with van der Waals surface area (Å²) in [6, 6.07) is 13.6. The summed E-state index contributed by atoms with van der Waals surface area (Å²) in [7, 11) is 0. The van der Waals surface area contributed by atoms with Crippen LogP contribution in [0, 0.1) is 12.7 Å². The van der Waals surface area contributed by atoms with Crippen LogP contribution < -0.4 is 11.1 Å². The lowest BCUT2D eigenvalue weighted by Gasteiger charge is -2.17. The molecule has 5 nitrogen and oxygen atoms in total. The molecule has 1 atom stereocenters. The summed E-state index contributed by atoms with van der Waals surface area (Å²) >= 11 is 0. The molecule has 2 aromatic carbocycles. The Morgan fingerprint density at radius 3 is 2.52 bits per heavy atom. The van der Waals surface area contributed by atoms with Crippen LogP contribution in [-0.4, -0.2) is 16.8 Å². The minimum atomic E-state index is -0.947. The topological polar surface area (TPSA) is 85.1 Å². The van der Waals surface area contributed by atoms with Gasteiger partial charge in [-0.15, -0.1) is 0 Å². The zero-order valence-electron chi connectivity index (χ0n) is 13.5. The lowest BCUT2D eigenvalue weighted by Crippen LogP contribution is -2.37. The van der Waals surface area contributed by atoms with Gasteiger partial charge in [-0.1, -0.05) is 30.3 Å². The summed E-state index contributed by atoms with van der Waals surface area (Å²) in [5, 5.41) is 3.27. The van der Waals surface area contributed by atoms with E-state index in [1.807, 2.05) is 0 Å². The number of amides is 2. The van der Waals surface area contributed by atoms with Crippen molar-refractivity contribution in [2.24, 2.45) is 5.73 Å². The zero-order chi connectivity index (χ0) is 18.0. The number of carbonyl (C=O) groups excluding carboxylic acids is 2. The number of fused-ring (bicyclic) bond motifs is 1. The standard InChI is InChI=1S/C19H16FN3O2/c1-11-15(9-13-7-8-14(20)10-16(13)22-11)19(25)23-17(18(21)24)12-5-3-2-4-6-12/h2-10,17H,1H3,(H2,21,24)(H,23,25)/t17-/m1/s1. The van der Waals surface area contributed by atoms with Gasteiger partial charge in [0.05, 0.1) is 16.8 Å². The Morgan fingerprint density at radius 1 is 1.12 bits per heavy atom. The van der Waals surface area contributed by atoms with Gasteiger partial charge < -0.3 is 11.1 Å². The van der Waals surface area contributed by atoms with Crippen molar-refractivity contribution >= 4 is 22.7 Å². The summed E-state index contributed by atoms with van der Waals surface area (Å²) < 4.78 is 13.3. The van der Waals surface area contributed by atoms with Crippen LogP contribution in [0.3, 0.4) is 0 Å². The number of aryl methyl sites for hydroxylation is 1. The fourth-order valence-electron chi connectivity index (χ4n) is 2.64. The van der Waals surface area contributed by atoms with Crippen molar-refractivity contribution < 1.29 is 14.0 Å². The summed E-state index contributed by atoms with van der Waals surface area (Å²) in [5.74, 6) is -1.52. The van der Waals surface area contributed by atoms with Gasteiger partial charge in [0.15, 0.2) is 0 Å². The number of halogens is 1. The predicted octanol–water partition coefficient (Wildman–Crippen LogP) is 2.64. The number of primary amides is 1. The normalized spacial score (nSPS) is 11.9. The molecule has 126 valence electrons. The Kier molecular flexibility index (Phi) is 4.43. The van der Waals surface area contributed by atoms with Gasteiger partial charge in [0.25, 0.3) is 5.91 Å². The van der Waals surface area contributed by atoms with E-state index in [0.29, 0.717) is 27.7 Å². The Morgan fingerprint density at radius 2 is 1.84 bits per heavy atom. The van der Waals surface area contributed by atoms with Crippen LogP contribution in [0.2, 0.25) is 0 Å². The van der Waals surface area contributed by atoms with Crippen molar-refractivity contribution in [2.75, 3.05) is 0 Å². The Balaban J connectivity index is 1.94. The molecule has 3 N–H and O–H groups in total. The lowest BCUT2D eigenvalue weighted by atomic mass is 10.0. The van der Waals surface area contributed by atoms with Crippen LogP contribution in [0.15, 0.2) is 54.6 Å². The number of pyridine rings is 1. The quantitative estimate of drug-likeness (QED) is 0.767. The number of nitrogens with two attached hydrogens (primary N) is 1. The van der Waals surface area contributed by atoms with Crippen LogP contribution >= 0.6 is 0 Å². The van der Waals surface area contributed by atoms with Crippen LogP contribution in [0.5, 0.6) is 0 Å². The Labute approximate surface area is 143 Å². The second-order valence-electron chi connectivity index (χ2n) is 5.68. The van der Waals surface area contributed by atoms with E-state index in [4.69, 9.17) is 5.73 Å². The molecule has 0 saturated heterocycles. The number of carbonyl (C=O) groups is 2. The molecule has 0 bridgehead atoms. The van der Waals surface area contributed by atoms with Crippen molar-refractivity contribution in [3.63, 3.8) is 0 Å². The molecule has 0 aliphatic heterocycles. The molecule has 6 heteroatoms. The predicted molar refractivity (Wildman–Crippen MR) is 92.3 cm³/mol. The maximum atomic E-state index is 13.3. The van der Waals surface area contributed by atoms with Gasteiger partial charge in [0.2, 0.25) is 5.91 Å². The summed E-state index contributed by atoms with van der Waals surface area (Å²) in [6.07, 6.45) is 0. The van der Waals surface area contributed by atoms with Crippen molar-refractivity contribution in [2.45, 2.75) is 13.0 Å². The minimum Gasteiger partial charge on any atom is -0.368 e. The molecule has 25 heavy (non-hydrogen) atoms. The second-order valence-corrected chi connectivity index (χ2v) is 5.68. The maximum Gasteiger partial charge on any atom is 0.254 e. The smallest absolute Gasteiger partial charge is 0.254 e. The highest BCUT2D eigenvalue weighted by Crippen LogP contribution is 2.19. The molecule has 0 aliphatic rings. The summed E-state index contributed by atoms with van der Waals surface area (Å²) in [6.45, 7) is 1.65. The van der Waals surface area contributed by atoms with Crippen molar-refractivity contribution in [3.05, 3.63) is 77.2 Å². The third-order valence-electron chi connectivity index (χ3n) is 3.91. The molecule has 2 amide bonds. The number of nitrogens with one attached hydrogen (secondary N) is 1. The van der Waals surface area contributed by atoms with Gasteiger partial charge in [-0.25, -0.2) is 4.39 Å². The van der Waals surface area contributed by atoms with Gasteiger partial charge in [-0.3, -0.25) is 14.6 Å². The maximum absolute atomic E-state index is 13.3. The molecule has 3 rings (SSSR count). The number of benzene rings is 2. The number of hydrogen-bond acceptors (Lipinski definition) is 3. The van der Waals surface area contributed by atoms with Crippen molar-refractivity contribution in [1.82, 2.24) is 10.3 Å². The van der Waals surface area contributed by atoms with E-state index in [0.717, 1.165) is 0 Å². The first-order chi connectivity index (χ1) is 12.0. The summed E-state index contributed by atoms with van der Waals surface area (Å²) in [5.41, 5.74) is 7.23. The third kappa shape index (κ3) is 3.47. The van der Waals surface area contributed by atoms with Crippen LogP contribution in [-0.2, 0) is 4.79 Å². The minimum absolute atomic E-state index is 0.307. The lowest BCUT2D eigenvalue weighted by molar-refractivity contribution is -0.120. The second kappa shape index (κ2) is 6.68. The number of nitrogens with zero attached hydrogens (tertiary/aromatic N) is 1. The molecule has 3 aromatic rings. The van der Waals surface area contributed by atoms with Crippen LogP contribution in [0.25, 0.3) is 10.9 Å². The molecule has 0 radical (unpaired) electrons. The van der Waals surface area contributed by atoms with E-state index >= 15 is 0 Å². The van der Waals surface area contributed by atoms with E-state index in [2.05, 4.69) is 10.3 Å². The van der Waals surface area contributed by atoms with Crippen molar-refractivity contribution in [1.29, 1.82) is 0 Å². The van der Waals surface area contributed by atoms with Crippen molar-refractivity contribution in [3.8, 4) is 0 Å². The average molecular weight is 337 g/mol. The monoisotopic (exact) mass is 337 g/mol. The Hall–Kier alpha value is -3.28. The first-order valence-corrected chi connectivity index (χ1v) is 7.68. The van der Waals surface area contributed by atoms with Crippen LogP contribution in [0.1, 0.15) is 27.7 Å². The summed E-state index contributed by atoms with van der Waals surface area (Å²) in [4.78, 5) is 28.6. The van der Waals surface area contributed by atoms with E-state index in [1.54, 1.807) is 49.4 Å². The first-order valence-electron chi connectivity index (χ1n) is 7.68. The molecule has 1 aromatic heterocycles. The molecular formula is C19H16FN3O2. The van der Waals surface area contributed by atoms with Gasteiger partial charge >= 0.3 is 0 Å². The number of rotatable bonds is 4. The van der Waals surface area contributed by atoms with E-state index < -0.39 is 23.7 Å². The Bertz CT molecular complexity index is 958. The van der Waals surface area contributed by atoms with E-state index in [-0.39, 0.29) is 0 Å². The van der Waals surface area contributed by atoms with E-state index in [1.165, 1.54) is 12.1 Å². The molecule has 0 spiro atoms. The van der Waals surface area contributed by atoms with Gasteiger partial charge in [0.1, 0.15) is 11.9 Å². The highest BCUT2D eigenvalue weighted by atomic mass is 19.1. The highest BCUT2D eigenvalue weighted by molar-refractivity contribution is 6.00. The molecule has 0 saturated carbocycles.